The van der Waals surface area contributed by atoms with E-state index < -0.39 is 0 Å². The fourth-order valence-electron chi connectivity index (χ4n) is 2.66. The molecule has 0 saturated carbocycles. The Morgan fingerprint density at radius 1 is 1.28 bits per heavy atom. The van der Waals surface area contributed by atoms with Gasteiger partial charge in [-0.05, 0) is 19.3 Å². The van der Waals surface area contributed by atoms with Gasteiger partial charge in [-0.1, -0.05) is 40.2 Å². The van der Waals surface area contributed by atoms with Crippen LogP contribution in [0.15, 0.2) is 30.5 Å². The third-order valence-corrected chi connectivity index (χ3v) is 4.38. The third kappa shape index (κ3) is 2.09. The van der Waals surface area contributed by atoms with Crippen LogP contribution in [0.4, 0.5) is 5.82 Å². The van der Waals surface area contributed by atoms with Gasteiger partial charge in [-0.2, -0.15) is 5.10 Å². The zero-order valence-corrected chi connectivity index (χ0v) is 11.8. The van der Waals surface area contributed by atoms with E-state index in [1.165, 1.54) is 30.0 Å². The van der Waals surface area contributed by atoms with E-state index in [-0.39, 0.29) is 0 Å². The largest absolute Gasteiger partial charge is 0.351 e. The number of piperidine rings is 1. The van der Waals surface area contributed by atoms with Crippen LogP contribution in [0, 0.1) is 0 Å². The van der Waals surface area contributed by atoms with Crippen LogP contribution in [0.2, 0.25) is 0 Å². The summed E-state index contributed by atoms with van der Waals surface area (Å²) in [5.74, 6) is 1.04. The lowest BCUT2D eigenvalue weighted by Crippen LogP contribution is -2.41. The zero-order valence-electron chi connectivity index (χ0n) is 10.2. The molecule has 4 heteroatoms. The Morgan fingerprint density at radius 2 is 2.17 bits per heavy atom. The van der Waals surface area contributed by atoms with Crippen molar-refractivity contribution in [2.75, 3.05) is 16.8 Å². The number of alkyl halides is 1. The first-order chi connectivity index (χ1) is 8.90. The molecule has 0 spiro atoms. The maximum absolute atomic E-state index is 4.38. The van der Waals surface area contributed by atoms with Gasteiger partial charge in [-0.15, -0.1) is 5.10 Å². The van der Waals surface area contributed by atoms with Gasteiger partial charge in [0.25, 0.3) is 0 Å². The first kappa shape index (κ1) is 11.9. The van der Waals surface area contributed by atoms with Gasteiger partial charge in [0.1, 0.15) is 0 Å². The summed E-state index contributed by atoms with van der Waals surface area (Å²) in [7, 11) is 0. The fraction of sp³-hybridized carbons (Fsp3) is 0.429. The number of nitrogens with zero attached hydrogens (tertiary/aromatic N) is 3. The van der Waals surface area contributed by atoms with Crippen LogP contribution in [-0.4, -0.2) is 28.1 Å². The minimum atomic E-state index is 0.541. The predicted molar refractivity (Wildman–Crippen MR) is 78.3 cm³/mol. The van der Waals surface area contributed by atoms with Gasteiger partial charge in [0.05, 0.1) is 6.20 Å². The van der Waals surface area contributed by atoms with Crippen molar-refractivity contribution in [3.63, 3.8) is 0 Å². The lowest BCUT2D eigenvalue weighted by atomic mass is 10.0. The van der Waals surface area contributed by atoms with Gasteiger partial charge in [0, 0.05) is 28.7 Å². The number of hydrogen-bond acceptors (Lipinski definition) is 3. The van der Waals surface area contributed by atoms with Crippen molar-refractivity contribution in [3.8, 4) is 0 Å². The number of fused-ring (bicyclic) bond motifs is 1. The second kappa shape index (κ2) is 5.22. The Balaban J connectivity index is 2.07. The molecule has 0 N–H and O–H groups in total. The van der Waals surface area contributed by atoms with Crippen LogP contribution in [0.5, 0.6) is 0 Å². The quantitative estimate of drug-likeness (QED) is 0.797. The molecule has 2 heterocycles. The summed E-state index contributed by atoms with van der Waals surface area (Å²) in [6, 6.07) is 8.89. The van der Waals surface area contributed by atoms with Gasteiger partial charge < -0.3 is 4.90 Å². The van der Waals surface area contributed by atoms with Crippen molar-refractivity contribution in [1.82, 2.24) is 10.2 Å². The molecule has 0 aliphatic carbocycles. The molecule has 1 fully saturated rings. The van der Waals surface area contributed by atoms with Crippen molar-refractivity contribution < 1.29 is 0 Å². The van der Waals surface area contributed by atoms with Crippen molar-refractivity contribution in [1.29, 1.82) is 0 Å². The van der Waals surface area contributed by atoms with E-state index >= 15 is 0 Å². The summed E-state index contributed by atoms with van der Waals surface area (Å²) >= 11 is 3.62. The number of halogens is 1. The molecule has 1 unspecified atom stereocenters. The SMILES string of the molecule is BrCC1CCCCN1c1nncc2ccccc12. The van der Waals surface area contributed by atoms with E-state index in [1.807, 2.05) is 12.3 Å². The Bertz CT molecular complexity index is 538. The van der Waals surface area contributed by atoms with Gasteiger partial charge in [-0.3, -0.25) is 0 Å². The number of rotatable bonds is 2. The van der Waals surface area contributed by atoms with Crippen molar-refractivity contribution in [2.45, 2.75) is 25.3 Å². The summed E-state index contributed by atoms with van der Waals surface area (Å²) in [5.41, 5.74) is 0. The maximum Gasteiger partial charge on any atom is 0.159 e. The summed E-state index contributed by atoms with van der Waals surface area (Å²) in [6.45, 7) is 1.08. The third-order valence-electron chi connectivity index (χ3n) is 3.63. The van der Waals surface area contributed by atoms with Gasteiger partial charge in [0.2, 0.25) is 0 Å². The van der Waals surface area contributed by atoms with E-state index in [9.17, 15) is 0 Å². The Morgan fingerprint density at radius 3 is 3.06 bits per heavy atom. The van der Waals surface area contributed by atoms with E-state index in [1.54, 1.807) is 0 Å². The van der Waals surface area contributed by atoms with Gasteiger partial charge in [0.15, 0.2) is 5.82 Å². The van der Waals surface area contributed by atoms with Crippen LogP contribution in [0.3, 0.4) is 0 Å². The molecule has 1 saturated heterocycles. The number of aromatic nitrogens is 2. The highest BCUT2D eigenvalue weighted by Crippen LogP contribution is 2.29. The maximum atomic E-state index is 4.38. The predicted octanol–water partition coefficient (Wildman–Crippen LogP) is 3.38. The lowest BCUT2D eigenvalue weighted by molar-refractivity contribution is 0.487. The standard InChI is InChI=1S/C14H16BrN3/c15-9-12-6-3-4-8-18(12)14-13-7-2-1-5-11(13)10-16-17-14/h1-2,5,7,10,12H,3-4,6,8-9H2. The normalized spacial score (nSPS) is 20.3. The molecule has 0 bridgehead atoms. The molecular weight excluding hydrogens is 290 g/mol. The van der Waals surface area contributed by atoms with E-state index in [0.29, 0.717) is 6.04 Å². The van der Waals surface area contributed by atoms with Crippen molar-refractivity contribution in [3.05, 3.63) is 30.5 Å². The summed E-state index contributed by atoms with van der Waals surface area (Å²) in [6.07, 6.45) is 5.63. The summed E-state index contributed by atoms with van der Waals surface area (Å²) in [4.78, 5) is 2.41. The average Bonchev–Trinajstić information content (AvgIpc) is 2.46. The molecule has 3 rings (SSSR count). The molecule has 18 heavy (non-hydrogen) atoms. The highest BCUT2D eigenvalue weighted by molar-refractivity contribution is 9.09. The minimum absolute atomic E-state index is 0.541. The summed E-state index contributed by atoms with van der Waals surface area (Å²) < 4.78 is 0. The van der Waals surface area contributed by atoms with E-state index in [0.717, 1.165) is 17.7 Å². The second-order valence-corrected chi connectivity index (χ2v) is 5.40. The number of anilines is 1. The Kier molecular flexibility index (Phi) is 3.46. The van der Waals surface area contributed by atoms with Crippen LogP contribution < -0.4 is 4.90 Å². The minimum Gasteiger partial charge on any atom is -0.351 e. The monoisotopic (exact) mass is 305 g/mol. The van der Waals surface area contributed by atoms with Gasteiger partial charge >= 0.3 is 0 Å². The molecule has 2 aromatic rings. The fourth-order valence-corrected chi connectivity index (χ4v) is 3.34. The number of benzene rings is 1. The molecule has 1 aromatic heterocycles. The van der Waals surface area contributed by atoms with Crippen LogP contribution in [0.25, 0.3) is 10.8 Å². The molecule has 0 radical (unpaired) electrons. The first-order valence-electron chi connectivity index (χ1n) is 6.43. The van der Waals surface area contributed by atoms with Crippen molar-refractivity contribution in [2.24, 2.45) is 0 Å². The number of hydrogen-bond donors (Lipinski definition) is 0. The highest BCUT2D eigenvalue weighted by atomic mass is 79.9. The lowest BCUT2D eigenvalue weighted by Gasteiger charge is -2.35. The molecule has 0 amide bonds. The molecule has 1 aliphatic rings. The van der Waals surface area contributed by atoms with Crippen LogP contribution >= 0.6 is 15.9 Å². The zero-order chi connectivity index (χ0) is 12.4. The molecule has 3 nitrogen and oxygen atoms in total. The molecular formula is C14H16BrN3. The smallest absolute Gasteiger partial charge is 0.159 e. The topological polar surface area (TPSA) is 29.0 Å². The molecule has 94 valence electrons. The van der Waals surface area contributed by atoms with Crippen LogP contribution in [-0.2, 0) is 0 Å². The Hall–Kier alpha value is -1.16. The average molecular weight is 306 g/mol. The molecule has 1 aromatic carbocycles. The molecule has 1 aliphatic heterocycles. The van der Waals surface area contributed by atoms with E-state index in [2.05, 4.69) is 49.2 Å². The van der Waals surface area contributed by atoms with E-state index in [4.69, 9.17) is 0 Å². The first-order valence-corrected chi connectivity index (χ1v) is 7.55. The Labute approximate surface area is 115 Å². The van der Waals surface area contributed by atoms with Crippen LogP contribution in [0.1, 0.15) is 19.3 Å². The summed E-state index contributed by atoms with van der Waals surface area (Å²) in [5, 5.41) is 11.9. The van der Waals surface area contributed by atoms with Gasteiger partial charge in [-0.25, -0.2) is 0 Å². The highest BCUT2D eigenvalue weighted by Gasteiger charge is 2.24. The second-order valence-electron chi connectivity index (χ2n) is 4.75. The van der Waals surface area contributed by atoms with Crippen molar-refractivity contribution >= 4 is 32.5 Å². The molecule has 1 atom stereocenters.